The Labute approximate surface area is 70.5 Å². The van der Waals surface area contributed by atoms with E-state index in [0.717, 1.165) is 11.1 Å². The molecule has 1 radical (unpaired) electrons. The quantitative estimate of drug-likeness (QED) is 0.650. The molecule has 1 aliphatic carbocycles. The highest BCUT2D eigenvalue weighted by Gasteiger charge is 2.16. The van der Waals surface area contributed by atoms with Gasteiger partial charge in [-0.3, -0.25) is 0 Å². The minimum absolute atomic E-state index is 0.244. The first-order chi connectivity index (χ1) is 5.92. The first-order valence-electron chi connectivity index (χ1n) is 3.78. The van der Waals surface area contributed by atoms with Gasteiger partial charge in [0.25, 0.3) is 0 Å². The molecule has 1 unspecified atom stereocenters. The number of ether oxygens (including phenoxy) is 1. The average molecular weight is 163 g/mol. The minimum atomic E-state index is -0.753. The molecule has 0 saturated heterocycles. The van der Waals surface area contributed by atoms with Crippen LogP contribution in [0.15, 0.2) is 30.3 Å². The lowest BCUT2D eigenvalue weighted by Gasteiger charge is -2.08. The van der Waals surface area contributed by atoms with E-state index < -0.39 is 6.86 Å². The van der Waals surface area contributed by atoms with E-state index in [1.807, 2.05) is 24.3 Å². The van der Waals surface area contributed by atoms with E-state index in [1.54, 1.807) is 6.08 Å². The van der Waals surface area contributed by atoms with Gasteiger partial charge in [0.1, 0.15) is 6.10 Å². The van der Waals surface area contributed by atoms with E-state index >= 15 is 0 Å². The summed E-state index contributed by atoms with van der Waals surface area (Å²) in [4.78, 5) is 0. The van der Waals surface area contributed by atoms with Crippen molar-refractivity contribution in [2.45, 2.75) is 6.10 Å². The zero-order valence-electron chi connectivity index (χ0n) is 6.46. The standard InChI is InChI=1S/C10H8FO/c11-7-12-10-6-5-8-3-1-2-4-9(8)10/h1-4,6,10H,7H2. The van der Waals surface area contributed by atoms with Gasteiger partial charge in [0.05, 0.1) is 0 Å². The summed E-state index contributed by atoms with van der Waals surface area (Å²) in [5, 5.41) is 0. The molecule has 2 heteroatoms. The molecule has 61 valence electrons. The van der Waals surface area contributed by atoms with Crippen LogP contribution in [-0.4, -0.2) is 6.86 Å². The monoisotopic (exact) mass is 163 g/mol. The third kappa shape index (κ3) is 1.14. The Morgan fingerprint density at radius 2 is 2.25 bits per heavy atom. The number of benzene rings is 1. The van der Waals surface area contributed by atoms with Crippen molar-refractivity contribution < 1.29 is 9.13 Å². The fourth-order valence-corrected chi connectivity index (χ4v) is 1.34. The molecule has 1 atom stereocenters. The van der Waals surface area contributed by atoms with Gasteiger partial charge >= 0.3 is 0 Å². The van der Waals surface area contributed by atoms with Gasteiger partial charge in [0, 0.05) is 0 Å². The first-order valence-corrected chi connectivity index (χ1v) is 3.78. The van der Waals surface area contributed by atoms with Crippen LogP contribution in [0.25, 0.3) is 0 Å². The summed E-state index contributed by atoms with van der Waals surface area (Å²) in [5.74, 6) is 0. The summed E-state index contributed by atoms with van der Waals surface area (Å²) in [6.45, 7) is -0.753. The van der Waals surface area contributed by atoms with Gasteiger partial charge in [-0.05, 0) is 23.3 Å². The second kappa shape index (κ2) is 3.07. The average Bonchev–Trinajstić information content (AvgIpc) is 2.50. The van der Waals surface area contributed by atoms with Gasteiger partial charge in [0.2, 0.25) is 0 Å². The van der Waals surface area contributed by atoms with E-state index in [2.05, 4.69) is 6.08 Å². The molecule has 12 heavy (non-hydrogen) atoms. The van der Waals surface area contributed by atoms with Crippen LogP contribution in [0.4, 0.5) is 4.39 Å². The molecule has 2 rings (SSSR count). The first kappa shape index (κ1) is 7.50. The third-order valence-electron chi connectivity index (χ3n) is 1.90. The fourth-order valence-electron chi connectivity index (χ4n) is 1.34. The molecule has 1 nitrogen and oxygen atoms in total. The van der Waals surface area contributed by atoms with Crippen molar-refractivity contribution in [1.82, 2.24) is 0 Å². The minimum Gasteiger partial charge on any atom is -0.338 e. The van der Waals surface area contributed by atoms with Crippen LogP contribution >= 0.6 is 0 Å². The Balaban J connectivity index is 2.30. The highest BCUT2D eigenvalue weighted by Crippen LogP contribution is 2.28. The summed E-state index contributed by atoms with van der Waals surface area (Å²) >= 11 is 0. The van der Waals surface area contributed by atoms with Gasteiger partial charge < -0.3 is 4.74 Å². The van der Waals surface area contributed by atoms with Gasteiger partial charge in [0.15, 0.2) is 6.86 Å². The van der Waals surface area contributed by atoms with E-state index in [4.69, 9.17) is 4.74 Å². The molecule has 0 heterocycles. The van der Waals surface area contributed by atoms with Crippen LogP contribution < -0.4 is 0 Å². The van der Waals surface area contributed by atoms with Crippen LogP contribution in [0.3, 0.4) is 0 Å². The largest absolute Gasteiger partial charge is 0.338 e. The highest BCUT2D eigenvalue weighted by atomic mass is 19.1. The molecule has 0 N–H and O–H groups in total. The van der Waals surface area contributed by atoms with Crippen LogP contribution in [0.1, 0.15) is 17.2 Å². The lowest BCUT2D eigenvalue weighted by Crippen LogP contribution is -1.97. The fraction of sp³-hybridized carbons (Fsp3) is 0.200. The lowest BCUT2D eigenvalue weighted by atomic mass is 10.1. The molecule has 1 aromatic rings. The molecular formula is C10H8FO. The van der Waals surface area contributed by atoms with Crippen molar-refractivity contribution in [3.05, 3.63) is 47.5 Å². The molecule has 0 aliphatic heterocycles. The van der Waals surface area contributed by atoms with Crippen LogP contribution in [0.2, 0.25) is 0 Å². The van der Waals surface area contributed by atoms with Crippen LogP contribution in [0, 0.1) is 6.08 Å². The molecular weight excluding hydrogens is 155 g/mol. The maximum absolute atomic E-state index is 11.9. The Kier molecular flexibility index (Phi) is 1.92. The van der Waals surface area contributed by atoms with Crippen molar-refractivity contribution in [2.75, 3.05) is 6.86 Å². The number of halogens is 1. The Bertz CT molecular complexity index is 306. The van der Waals surface area contributed by atoms with Gasteiger partial charge in [-0.1, -0.05) is 24.3 Å². The number of fused-ring (bicyclic) bond motifs is 1. The summed E-state index contributed by atoms with van der Waals surface area (Å²) in [7, 11) is 0. The molecule has 0 fully saturated rings. The van der Waals surface area contributed by atoms with Crippen molar-refractivity contribution in [2.24, 2.45) is 0 Å². The molecule has 0 saturated carbocycles. The van der Waals surface area contributed by atoms with Crippen LogP contribution in [0.5, 0.6) is 0 Å². The third-order valence-corrected chi connectivity index (χ3v) is 1.90. The zero-order valence-corrected chi connectivity index (χ0v) is 6.46. The van der Waals surface area contributed by atoms with E-state index in [9.17, 15) is 4.39 Å². The van der Waals surface area contributed by atoms with Gasteiger partial charge in [-0.2, -0.15) is 0 Å². The van der Waals surface area contributed by atoms with E-state index in [1.165, 1.54) is 0 Å². The molecule has 0 amide bonds. The summed E-state index contributed by atoms with van der Waals surface area (Å²) in [6, 6.07) is 7.70. The number of alkyl halides is 1. The molecule has 0 bridgehead atoms. The van der Waals surface area contributed by atoms with E-state index in [-0.39, 0.29) is 6.10 Å². The number of hydrogen-bond donors (Lipinski definition) is 0. The van der Waals surface area contributed by atoms with Crippen molar-refractivity contribution in [1.29, 1.82) is 0 Å². The second-order valence-electron chi connectivity index (χ2n) is 2.59. The highest BCUT2D eigenvalue weighted by molar-refractivity contribution is 5.40. The van der Waals surface area contributed by atoms with Crippen molar-refractivity contribution in [3.8, 4) is 0 Å². The molecule has 1 aliphatic rings. The van der Waals surface area contributed by atoms with Crippen LogP contribution in [-0.2, 0) is 4.74 Å². The maximum atomic E-state index is 11.9. The lowest BCUT2D eigenvalue weighted by molar-refractivity contribution is 0.0206. The zero-order chi connectivity index (χ0) is 8.39. The van der Waals surface area contributed by atoms with Crippen molar-refractivity contribution in [3.63, 3.8) is 0 Å². The Hall–Kier alpha value is -1.15. The summed E-state index contributed by atoms with van der Waals surface area (Å²) < 4.78 is 16.7. The van der Waals surface area contributed by atoms with Crippen molar-refractivity contribution >= 4 is 0 Å². The molecule has 0 aromatic heterocycles. The summed E-state index contributed by atoms with van der Waals surface area (Å²) in [5.41, 5.74) is 1.99. The second-order valence-corrected chi connectivity index (χ2v) is 2.59. The topological polar surface area (TPSA) is 9.23 Å². The Morgan fingerprint density at radius 1 is 1.42 bits per heavy atom. The molecule has 1 aromatic carbocycles. The number of hydrogen-bond acceptors (Lipinski definition) is 1. The summed E-state index contributed by atoms with van der Waals surface area (Å²) in [6.07, 6.45) is 4.51. The predicted octanol–water partition coefficient (Wildman–Crippen LogP) is 2.39. The number of rotatable bonds is 2. The van der Waals surface area contributed by atoms with Gasteiger partial charge in [-0.25, -0.2) is 4.39 Å². The normalized spacial score (nSPS) is 19.6. The maximum Gasteiger partial charge on any atom is 0.189 e. The predicted molar refractivity (Wildman–Crippen MR) is 43.2 cm³/mol. The van der Waals surface area contributed by atoms with Gasteiger partial charge in [-0.15, -0.1) is 0 Å². The SMILES string of the molecule is FCOC1C=[C]c2ccccc21. The molecule has 0 spiro atoms. The van der Waals surface area contributed by atoms with E-state index in [0.29, 0.717) is 0 Å². The Morgan fingerprint density at radius 3 is 3.08 bits per heavy atom. The smallest absolute Gasteiger partial charge is 0.189 e.